The molecular weight excluding hydrogens is 443 g/mol. The first kappa shape index (κ1) is 23.0. The average molecular weight is 476 g/mol. The number of ether oxygens (including phenoxy) is 2. The third-order valence-corrected chi connectivity index (χ3v) is 4.07. The van der Waals surface area contributed by atoms with Gasteiger partial charge in [-0.1, -0.05) is 12.1 Å². The highest BCUT2D eigenvalue weighted by molar-refractivity contribution is 14.0. The third-order valence-electron chi connectivity index (χ3n) is 4.07. The molecular formula is C19H33IN4O2. The Morgan fingerprint density at radius 3 is 2.65 bits per heavy atom. The summed E-state index contributed by atoms with van der Waals surface area (Å²) in [5.41, 5.74) is 2.40. The molecule has 0 bridgehead atoms. The maximum atomic E-state index is 5.78. The summed E-state index contributed by atoms with van der Waals surface area (Å²) < 4.78 is 11.1. The molecule has 1 aliphatic heterocycles. The van der Waals surface area contributed by atoms with Gasteiger partial charge in [0.05, 0.1) is 19.3 Å². The quantitative estimate of drug-likeness (QED) is 0.249. The van der Waals surface area contributed by atoms with E-state index in [1.807, 2.05) is 14.1 Å². The zero-order valence-corrected chi connectivity index (χ0v) is 18.5. The van der Waals surface area contributed by atoms with Crippen LogP contribution in [0.2, 0.25) is 0 Å². The molecule has 1 saturated heterocycles. The highest BCUT2D eigenvalue weighted by Crippen LogP contribution is 2.12. The van der Waals surface area contributed by atoms with Crippen LogP contribution in [0.3, 0.4) is 0 Å². The largest absolute Gasteiger partial charge is 0.379 e. The summed E-state index contributed by atoms with van der Waals surface area (Å²) in [7, 11) is 4.09. The molecule has 26 heavy (non-hydrogen) atoms. The number of nitrogens with zero attached hydrogens (tertiary/aromatic N) is 2. The summed E-state index contributed by atoms with van der Waals surface area (Å²) in [6.45, 7) is 6.76. The average Bonchev–Trinajstić information content (AvgIpc) is 3.13. The smallest absolute Gasteiger partial charge is 0.191 e. The summed E-state index contributed by atoms with van der Waals surface area (Å²) >= 11 is 0. The van der Waals surface area contributed by atoms with Crippen LogP contribution in [0.5, 0.6) is 0 Å². The second-order valence-corrected chi connectivity index (χ2v) is 6.39. The minimum absolute atomic E-state index is 0. The summed E-state index contributed by atoms with van der Waals surface area (Å²) in [6, 6.07) is 8.49. The van der Waals surface area contributed by atoms with Gasteiger partial charge in [-0.2, -0.15) is 0 Å². The molecule has 0 aromatic heterocycles. The van der Waals surface area contributed by atoms with Gasteiger partial charge >= 0.3 is 0 Å². The van der Waals surface area contributed by atoms with Gasteiger partial charge in [-0.3, -0.25) is 0 Å². The second kappa shape index (κ2) is 13.2. The predicted octanol–water partition coefficient (Wildman–Crippen LogP) is 2.62. The highest BCUT2D eigenvalue weighted by Gasteiger charge is 2.15. The number of hydrogen-bond acceptors (Lipinski definition) is 4. The van der Waals surface area contributed by atoms with Crippen molar-refractivity contribution in [3.05, 3.63) is 29.8 Å². The van der Waals surface area contributed by atoms with Gasteiger partial charge < -0.3 is 25.0 Å². The normalized spacial score (nSPS) is 16.9. The predicted molar refractivity (Wildman–Crippen MR) is 119 cm³/mol. The molecule has 1 atom stereocenters. The Kier molecular flexibility index (Phi) is 11.6. The van der Waals surface area contributed by atoms with Crippen molar-refractivity contribution >= 4 is 35.6 Å². The van der Waals surface area contributed by atoms with Crippen molar-refractivity contribution in [2.75, 3.05) is 51.9 Å². The minimum Gasteiger partial charge on any atom is -0.379 e. The fraction of sp³-hybridized carbons (Fsp3) is 0.632. The number of benzene rings is 1. The number of guanidine groups is 1. The van der Waals surface area contributed by atoms with E-state index < -0.39 is 0 Å². The van der Waals surface area contributed by atoms with E-state index in [1.165, 1.54) is 11.3 Å². The molecule has 148 valence electrons. The first-order valence-corrected chi connectivity index (χ1v) is 9.17. The van der Waals surface area contributed by atoms with Crippen molar-refractivity contribution in [3.63, 3.8) is 0 Å². The summed E-state index contributed by atoms with van der Waals surface area (Å²) in [6.07, 6.45) is 2.26. The maximum Gasteiger partial charge on any atom is 0.191 e. The van der Waals surface area contributed by atoms with Gasteiger partial charge in [0.15, 0.2) is 5.96 Å². The Hall–Kier alpha value is -1.06. The van der Waals surface area contributed by atoms with E-state index in [0.29, 0.717) is 6.54 Å². The van der Waals surface area contributed by atoms with E-state index in [2.05, 4.69) is 51.7 Å². The standard InChI is InChI=1S/C19H32N4O2.HI/c1-4-20-19(21-11-5-12-25-18-10-13-24-15-18)22-14-16-6-8-17(9-7-16)23(2)3;/h6-9,18H,4-5,10-15H2,1-3H3,(H2,20,21,22);1H. The lowest BCUT2D eigenvalue weighted by Crippen LogP contribution is -2.38. The van der Waals surface area contributed by atoms with Crippen LogP contribution in [0.15, 0.2) is 29.3 Å². The van der Waals surface area contributed by atoms with E-state index in [-0.39, 0.29) is 30.1 Å². The lowest BCUT2D eigenvalue weighted by Gasteiger charge is -2.14. The van der Waals surface area contributed by atoms with Gasteiger partial charge in [0.1, 0.15) is 0 Å². The molecule has 1 heterocycles. The molecule has 6 nitrogen and oxygen atoms in total. The maximum absolute atomic E-state index is 5.78. The van der Waals surface area contributed by atoms with Crippen molar-refractivity contribution < 1.29 is 9.47 Å². The van der Waals surface area contributed by atoms with Crippen molar-refractivity contribution in [2.24, 2.45) is 4.99 Å². The molecule has 2 N–H and O–H groups in total. The van der Waals surface area contributed by atoms with Gasteiger partial charge in [0.25, 0.3) is 0 Å². The highest BCUT2D eigenvalue weighted by atomic mass is 127. The fourth-order valence-electron chi connectivity index (χ4n) is 2.58. The number of aliphatic imine (C=N–C) groups is 1. The molecule has 0 spiro atoms. The SMILES string of the molecule is CCNC(=NCc1ccc(N(C)C)cc1)NCCCOC1CCOC1.I. The van der Waals surface area contributed by atoms with Crippen LogP contribution in [0.1, 0.15) is 25.3 Å². The molecule has 7 heteroatoms. The summed E-state index contributed by atoms with van der Waals surface area (Å²) in [4.78, 5) is 6.75. The number of rotatable bonds is 9. The number of anilines is 1. The number of halogens is 1. The lowest BCUT2D eigenvalue weighted by molar-refractivity contribution is 0.0420. The molecule has 0 aliphatic carbocycles. The first-order valence-electron chi connectivity index (χ1n) is 9.17. The van der Waals surface area contributed by atoms with Crippen molar-refractivity contribution in [1.29, 1.82) is 0 Å². The van der Waals surface area contributed by atoms with Crippen molar-refractivity contribution in [3.8, 4) is 0 Å². The van der Waals surface area contributed by atoms with E-state index in [0.717, 1.165) is 51.7 Å². The minimum atomic E-state index is 0. The molecule has 2 rings (SSSR count). The fourth-order valence-corrected chi connectivity index (χ4v) is 2.58. The Labute approximate surface area is 174 Å². The number of nitrogens with one attached hydrogen (secondary N) is 2. The molecule has 1 aromatic carbocycles. The van der Waals surface area contributed by atoms with Crippen LogP contribution in [0.25, 0.3) is 0 Å². The Balaban J connectivity index is 0.00000338. The van der Waals surface area contributed by atoms with Crippen LogP contribution in [-0.4, -0.2) is 59.1 Å². The van der Waals surface area contributed by atoms with Crippen LogP contribution in [0, 0.1) is 0 Å². The summed E-state index contributed by atoms with van der Waals surface area (Å²) in [5.74, 6) is 0.850. The first-order chi connectivity index (χ1) is 12.2. The van der Waals surface area contributed by atoms with E-state index in [4.69, 9.17) is 9.47 Å². The van der Waals surface area contributed by atoms with Crippen LogP contribution in [0.4, 0.5) is 5.69 Å². The van der Waals surface area contributed by atoms with E-state index in [9.17, 15) is 0 Å². The van der Waals surface area contributed by atoms with Crippen LogP contribution in [-0.2, 0) is 16.0 Å². The van der Waals surface area contributed by atoms with Gasteiger partial charge in [0.2, 0.25) is 0 Å². The van der Waals surface area contributed by atoms with Gasteiger partial charge in [0, 0.05) is 46.1 Å². The van der Waals surface area contributed by atoms with Gasteiger partial charge in [-0.15, -0.1) is 24.0 Å². The molecule has 0 amide bonds. The molecule has 1 fully saturated rings. The Bertz CT molecular complexity index is 517. The molecule has 1 aliphatic rings. The zero-order chi connectivity index (χ0) is 17.9. The Morgan fingerprint density at radius 1 is 1.27 bits per heavy atom. The third kappa shape index (κ3) is 8.55. The van der Waals surface area contributed by atoms with E-state index in [1.54, 1.807) is 0 Å². The van der Waals surface area contributed by atoms with E-state index >= 15 is 0 Å². The van der Waals surface area contributed by atoms with Gasteiger partial charge in [-0.05, 0) is 37.5 Å². The van der Waals surface area contributed by atoms with Crippen molar-refractivity contribution in [1.82, 2.24) is 10.6 Å². The Morgan fingerprint density at radius 2 is 2.04 bits per heavy atom. The van der Waals surface area contributed by atoms with Crippen molar-refractivity contribution in [2.45, 2.75) is 32.4 Å². The zero-order valence-electron chi connectivity index (χ0n) is 16.2. The number of hydrogen-bond donors (Lipinski definition) is 2. The summed E-state index contributed by atoms with van der Waals surface area (Å²) in [5, 5.41) is 6.65. The second-order valence-electron chi connectivity index (χ2n) is 6.39. The van der Waals surface area contributed by atoms with Crippen LogP contribution >= 0.6 is 24.0 Å². The molecule has 0 radical (unpaired) electrons. The van der Waals surface area contributed by atoms with Crippen LogP contribution < -0.4 is 15.5 Å². The topological polar surface area (TPSA) is 58.1 Å². The lowest BCUT2D eigenvalue weighted by atomic mass is 10.2. The molecule has 0 saturated carbocycles. The molecule has 1 unspecified atom stereocenters. The monoisotopic (exact) mass is 476 g/mol. The molecule has 1 aromatic rings. The van der Waals surface area contributed by atoms with Gasteiger partial charge in [-0.25, -0.2) is 4.99 Å².